The predicted octanol–water partition coefficient (Wildman–Crippen LogP) is 3.15. The van der Waals surface area contributed by atoms with Gasteiger partial charge in [-0.2, -0.15) is 0 Å². The molecule has 0 bridgehead atoms. The summed E-state index contributed by atoms with van der Waals surface area (Å²) in [7, 11) is 0. The Labute approximate surface area is 91.6 Å². The molecule has 0 fully saturated rings. The maximum Gasteiger partial charge on any atom is 0.348 e. The molecule has 72 valence electrons. The first-order valence-corrected chi connectivity index (χ1v) is 5.32. The second kappa shape index (κ2) is 3.21. The van der Waals surface area contributed by atoms with Crippen molar-refractivity contribution < 1.29 is 4.92 Å². The highest BCUT2D eigenvalue weighted by molar-refractivity contribution is 9.10. The molecule has 1 heterocycles. The third-order valence-corrected chi connectivity index (χ3v) is 3.47. The van der Waals surface area contributed by atoms with E-state index in [0.717, 1.165) is 25.9 Å². The van der Waals surface area contributed by atoms with Gasteiger partial charge in [-0.25, -0.2) is 0 Å². The Kier molecular flexibility index (Phi) is 2.16. The SMILES string of the molecule is Nc1c([N+](=O)[O-])sc2ccc(Br)cc12. The summed E-state index contributed by atoms with van der Waals surface area (Å²) < 4.78 is 1.70. The highest BCUT2D eigenvalue weighted by atomic mass is 79.9. The van der Waals surface area contributed by atoms with Crippen LogP contribution in [0.2, 0.25) is 0 Å². The Balaban J connectivity index is 2.80. The van der Waals surface area contributed by atoms with E-state index in [1.165, 1.54) is 0 Å². The van der Waals surface area contributed by atoms with E-state index in [1.54, 1.807) is 6.07 Å². The number of fused-ring (bicyclic) bond motifs is 1. The maximum absolute atomic E-state index is 10.6. The summed E-state index contributed by atoms with van der Waals surface area (Å²) in [6, 6.07) is 5.43. The van der Waals surface area contributed by atoms with Crippen molar-refractivity contribution in [1.82, 2.24) is 0 Å². The quantitative estimate of drug-likeness (QED) is 0.641. The molecule has 0 unspecified atom stereocenters. The van der Waals surface area contributed by atoms with Gasteiger partial charge in [-0.1, -0.05) is 27.3 Å². The molecular formula is C8H5BrN2O2S. The molecule has 4 nitrogen and oxygen atoms in total. The van der Waals surface area contributed by atoms with Crippen molar-refractivity contribution in [2.75, 3.05) is 5.73 Å². The second-order valence-corrected chi connectivity index (χ2v) is 4.66. The van der Waals surface area contributed by atoms with Gasteiger partial charge in [0.2, 0.25) is 0 Å². The molecule has 0 amide bonds. The van der Waals surface area contributed by atoms with E-state index in [1.807, 2.05) is 12.1 Å². The van der Waals surface area contributed by atoms with Gasteiger partial charge in [0.15, 0.2) is 0 Å². The number of nitrogens with two attached hydrogens (primary N) is 1. The van der Waals surface area contributed by atoms with E-state index < -0.39 is 4.92 Å². The number of benzene rings is 1. The number of nitro groups is 1. The van der Waals surface area contributed by atoms with Crippen LogP contribution in [0.15, 0.2) is 22.7 Å². The lowest BCUT2D eigenvalue weighted by atomic mass is 10.2. The van der Waals surface area contributed by atoms with Crippen molar-refractivity contribution in [3.63, 3.8) is 0 Å². The summed E-state index contributed by atoms with van der Waals surface area (Å²) in [6.07, 6.45) is 0. The van der Waals surface area contributed by atoms with Crippen molar-refractivity contribution in [3.8, 4) is 0 Å². The van der Waals surface area contributed by atoms with Gasteiger partial charge in [-0.3, -0.25) is 10.1 Å². The zero-order valence-electron chi connectivity index (χ0n) is 6.86. The molecule has 0 spiro atoms. The van der Waals surface area contributed by atoms with Crippen molar-refractivity contribution in [1.29, 1.82) is 0 Å². The fourth-order valence-electron chi connectivity index (χ4n) is 1.21. The van der Waals surface area contributed by atoms with Gasteiger partial charge >= 0.3 is 5.00 Å². The van der Waals surface area contributed by atoms with Gasteiger partial charge in [-0.15, -0.1) is 0 Å². The normalized spacial score (nSPS) is 10.6. The summed E-state index contributed by atoms with van der Waals surface area (Å²) in [5.41, 5.74) is 5.90. The largest absolute Gasteiger partial charge is 0.392 e. The van der Waals surface area contributed by atoms with Crippen LogP contribution in [0.1, 0.15) is 0 Å². The summed E-state index contributed by atoms with van der Waals surface area (Å²) >= 11 is 4.39. The molecule has 2 rings (SSSR count). The number of anilines is 1. The van der Waals surface area contributed by atoms with Crippen molar-refractivity contribution in [2.24, 2.45) is 0 Å². The van der Waals surface area contributed by atoms with Gasteiger partial charge in [0.05, 0.1) is 4.92 Å². The van der Waals surface area contributed by atoms with Crippen LogP contribution >= 0.6 is 27.3 Å². The Hall–Kier alpha value is -1.14. The minimum atomic E-state index is -0.450. The molecule has 0 saturated carbocycles. The third kappa shape index (κ3) is 1.36. The van der Waals surface area contributed by atoms with E-state index in [-0.39, 0.29) is 10.7 Å². The van der Waals surface area contributed by atoms with Crippen LogP contribution in [0.3, 0.4) is 0 Å². The standard InChI is InChI=1S/C8H5BrN2O2S/c9-4-1-2-6-5(3-4)7(10)8(14-6)11(12)13/h1-3H,10H2. The lowest BCUT2D eigenvalue weighted by molar-refractivity contribution is -0.379. The number of halogens is 1. The summed E-state index contributed by atoms with van der Waals surface area (Å²) in [6.45, 7) is 0. The molecule has 0 saturated heterocycles. The number of nitrogen functional groups attached to an aromatic ring is 1. The second-order valence-electron chi connectivity index (χ2n) is 2.72. The fourth-order valence-corrected chi connectivity index (χ4v) is 2.49. The minimum absolute atomic E-state index is 0.0121. The van der Waals surface area contributed by atoms with Crippen molar-refractivity contribution in [3.05, 3.63) is 32.8 Å². The highest BCUT2D eigenvalue weighted by Crippen LogP contribution is 2.40. The average molecular weight is 273 g/mol. The van der Waals surface area contributed by atoms with Crippen LogP contribution in [-0.2, 0) is 0 Å². The molecule has 0 aliphatic carbocycles. The average Bonchev–Trinajstić information content (AvgIpc) is 2.44. The van der Waals surface area contributed by atoms with Crippen LogP contribution in [0.25, 0.3) is 10.1 Å². The Morgan fingerprint density at radius 3 is 2.86 bits per heavy atom. The lowest BCUT2D eigenvalue weighted by Gasteiger charge is -1.91. The van der Waals surface area contributed by atoms with Gasteiger partial charge in [0.25, 0.3) is 0 Å². The third-order valence-electron chi connectivity index (χ3n) is 1.83. The molecule has 1 aromatic carbocycles. The molecule has 6 heteroatoms. The molecule has 0 aliphatic heterocycles. The van der Waals surface area contributed by atoms with Gasteiger partial charge < -0.3 is 5.73 Å². The summed E-state index contributed by atoms with van der Waals surface area (Å²) in [5, 5.41) is 11.3. The molecular weight excluding hydrogens is 268 g/mol. The maximum atomic E-state index is 10.6. The smallest absolute Gasteiger partial charge is 0.348 e. The Morgan fingerprint density at radius 2 is 2.21 bits per heavy atom. The zero-order valence-corrected chi connectivity index (χ0v) is 9.26. The Bertz CT molecular complexity index is 523. The first kappa shape index (κ1) is 9.42. The first-order chi connectivity index (χ1) is 6.59. The number of nitrogens with zero attached hydrogens (tertiary/aromatic N) is 1. The molecule has 1 aromatic heterocycles. The van der Waals surface area contributed by atoms with E-state index in [4.69, 9.17) is 5.73 Å². The molecule has 2 aromatic rings. The lowest BCUT2D eigenvalue weighted by Crippen LogP contribution is -1.90. The molecule has 0 radical (unpaired) electrons. The molecule has 2 N–H and O–H groups in total. The van der Waals surface area contributed by atoms with E-state index in [2.05, 4.69) is 15.9 Å². The van der Waals surface area contributed by atoms with Crippen LogP contribution in [0, 0.1) is 10.1 Å². The molecule has 14 heavy (non-hydrogen) atoms. The van der Waals surface area contributed by atoms with Crippen LogP contribution < -0.4 is 5.73 Å². The van der Waals surface area contributed by atoms with E-state index >= 15 is 0 Å². The van der Waals surface area contributed by atoms with Gasteiger partial charge in [-0.05, 0) is 18.2 Å². The number of rotatable bonds is 1. The van der Waals surface area contributed by atoms with Crippen molar-refractivity contribution in [2.45, 2.75) is 0 Å². The van der Waals surface area contributed by atoms with E-state index in [9.17, 15) is 10.1 Å². The zero-order chi connectivity index (χ0) is 10.3. The monoisotopic (exact) mass is 272 g/mol. The summed E-state index contributed by atoms with van der Waals surface area (Å²) in [5.74, 6) is 0. The van der Waals surface area contributed by atoms with Gasteiger partial charge in [0.1, 0.15) is 5.69 Å². The van der Waals surface area contributed by atoms with Crippen LogP contribution in [-0.4, -0.2) is 4.92 Å². The summed E-state index contributed by atoms with van der Waals surface area (Å²) in [4.78, 5) is 10.2. The highest BCUT2D eigenvalue weighted by Gasteiger charge is 2.18. The van der Waals surface area contributed by atoms with Crippen LogP contribution in [0.5, 0.6) is 0 Å². The topological polar surface area (TPSA) is 69.2 Å². The Morgan fingerprint density at radius 1 is 1.50 bits per heavy atom. The van der Waals surface area contributed by atoms with Crippen molar-refractivity contribution >= 4 is 48.0 Å². The number of hydrogen-bond acceptors (Lipinski definition) is 4. The number of hydrogen-bond donors (Lipinski definition) is 1. The van der Waals surface area contributed by atoms with Gasteiger partial charge in [0, 0.05) is 14.6 Å². The van der Waals surface area contributed by atoms with E-state index in [0.29, 0.717) is 0 Å². The number of thiophene rings is 1. The van der Waals surface area contributed by atoms with Crippen LogP contribution in [0.4, 0.5) is 10.7 Å². The first-order valence-electron chi connectivity index (χ1n) is 3.71. The minimum Gasteiger partial charge on any atom is -0.392 e. The molecule has 0 aliphatic rings. The predicted molar refractivity (Wildman–Crippen MR) is 60.6 cm³/mol. The molecule has 0 atom stereocenters. The fraction of sp³-hybridized carbons (Fsp3) is 0.